The molecule has 0 heterocycles. The minimum Gasteiger partial charge on any atom is -0.389 e. The quantitative estimate of drug-likeness (QED) is 0.880. The second-order valence-electron chi connectivity index (χ2n) is 4.36. The van der Waals surface area contributed by atoms with Crippen molar-refractivity contribution in [1.29, 1.82) is 5.26 Å². The maximum Gasteiger partial charge on any atom is 0.106 e. The summed E-state index contributed by atoms with van der Waals surface area (Å²) in [6.45, 7) is 0. The van der Waals surface area contributed by atoms with Gasteiger partial charge in [-0.1, -0.05) is 54.6 Å². The Kier molecular flexibility index (Phi) is 4.30. The fourth-order valence-corrected chi connectivity index (χ4v) is 1.93. The van der Waals surface area contributed by atoms with Crippen LogP contribution in [0.2, 0.25) is 0 Å². The lowest BCUT2D eigenvalue weighted by Crippen LogP contribution is -2.17. The van der Waals surface area contributed by atoms with Gasteiger partial charge in [-0.2, -0.15) is 5.26 Å². The largest absolute Gasteiger partial charge is 0.389 e. The molecule has 2 aromatic rings. The lowest BCUT2D eigenvalue weighted by molar-refractivity contribution is 0.0216. The average Bonchev–Trinajstić information content (AvgIpc) is 2.48. The van der Waals surface area contributed by atoms with E-state index in [0.29, 0.717) is 5.56 Å². The first-order valence-corrected chi connectivity index (χ1v) is 6.11. The third kappa shape index (κ3) is 3.19. The van der Waals surface area contributed by atoms with Crippen LogP contribution in [0.3, 0.4) is 0 Å². The number of nitriles is 1. The molecule has 2 unspecified atom stereocenters. The van der Waals surface area contributed by atoms with Crippen molar-refractivity contribution in [2.75, 3.05) is 0 Å². The fraction of sp³-hybridized carbons (Fsp3) is 0.188. The van der Waals surface area contributed by atoms with Crippen molar-refractivity contribution in [2.45, 2.75) is 18.6 Å². The highest BCUT2D eigenvalue weighted by atomic mass is 16.3. The van der Waals surface area contributed by atoms with Gasteiger partial charge in [-0.15, -0.1) is 0 Å². The average molecular weight is 253 g/mol. The van der Waals surface area contributed by atoms with E-state index in [1.807, 2.05) is 48.5 Å². The molecule has 0 amide bonds. The number of hydrogen-bond acceptors (Lipinski definition) is 3. The van der Waals surface area contributed by atoms with E-state index in [-0.39, 0.29) is 6.42 Å². The van der Waals surface area contributed by atoms with E-state index in [1.54, 1.807) is 12.1 Å². The summed E-state index contributed by atoms with van der Waals surface area (Å²) in [5.41, 5.74) is 2.76. The number of hydrogen-bond donors (Lipinski definition) is 2. The van der Waals surface area contributed by atoms with Gasteiger partial charge in [0.1, 0.15) is 6.10 Å². The minimum atomic E-state index is -1.05. The molecule has 2 aromatic carbocycles. The molecule has 0 radical (unpaired) electrons. The van der Waals surface area contributed by atoms with Crippen molar-refractivity contribution >= 4 is 0 Å². The highest BCUT2D eigenvalue weighted by Gasteiger charge is 2.17. The van der Waals surface area contributed by atoms with E-state index in [2.05, 4.69) is 0 Å². The van der Waals surface area contributed by atoms with E-state index in [1.165, 1.54) is 0 Å². The summed E-state index contributed by atoms with van der Waals surface area (Å²) in [6.07, 6.45) is -2.15. The molecule has 2 atom stereocenters. The van der Waals surface area contributed by atoms with Crippen LogP contribution >= 0.6 is 0 Å². The SMILES string of the molecule is N#CCC(O)C(O)c1ccc(-c2ccccc2)cc1. The highest BCUT2D eigenvalue weighted by Crippen LogP contribution is 2.23. The van der Waals surface area contributed by atoms with Gasteiger partial charge in [-0.25, -0.2) is 0 Å². The molecule has 0 bridgehead atoms. The molecule has 0 saturated heterocycles. The molecule has 0 fully saturated rings. The van der Waals surface area contributed by atoms with Crippen LogP contribution < -0.4 is 0 Å². The second kappa shape index (κ2) is 6.14. The molecule has 0 saturated carbocycles. The molecular formula is C16H15NO2. The first-order chi connectivity index (χ1) is 9.22. The topological polar surface area (TPSA) is 64.2 Å². The Morgan fingerprint density at radius 2 is 1.47 bits per heavy atom. The molecule has 0 aliphatic heterocycles. The zero-order valence-electron chi connectivity index (χ0n) is 10.4. The van der Waals surface area contributed by atoms with E-state index in [9.17, 15) is 10.2 Å². The predicted octanol–water partition coefficient (Wildman–Crippen LogP) is 2.66. The Hall–Kier alpha value is -2.15. The standard InChI is InChI=1S/C16H15NO2/c17-11-10-15(18)16(19)14-8-6-13(7-9-14)12-4-2-1-3-5-12/h1-9,15-16,18-19H,10H2. The predicted molar refractivity (Wildman–Crippen MR) is 73.1 cm³/mol. The summed E-state index contributed by atoms with van der Waals surface area (Å²) in [4.78, 5) is 0. The summed E-state index contributed by atoms with van der Waals surface area (Å²) in [5.74, 6) is 0. The Balaban J connectivity index is 2.17. The molecule has 2 N–H and O–H groups in total. The van der Waals surface area contributed by atoms with Gasteiger partial charge in [0.25, 0.3) is 0 Å². The number of rotatable bonds is 4. The van der Waals surface area contributed by atoms with Crippen LogP contribution in [0.25, 0.3) is 11.1 Å². The first-order valence-electron chi connectivity index (χ1n) is 6.11. The molecule has 96 valence electrons. The Labute approximate surface area is 112 Å². The lowest BCUT2D eigenvalue weighted by atomic mass is 9.99. The van der Waals surface area contributed by atoms with Gasteiger partial charge in [0.15, 0.2) is 0 Å². The van der Waals surface area contributed by atoms with Crippen molar-refractivity contribution in [3.05, 3.63) is 60.2 Å². The molecule has 0 spiro atoms. The normalized spacial score (nSPS) is 13.5. The summed E-state index contributed by atoms with van der Waals surface area (Å²) in [5, 5.41) is 28.0. The summed E-state index contributed by atoms with van der Waals surface area (Å²) in [6, 6.07) is 19.1. The van der Waals surface area contributed by atoms with Crippen LogP contribution in [0.1, 0.15) is 18.1 Å². The van der Waals surface area contributed by atoms with Gasteiger partial charge in [0.2, 0.25) is 0 Å². The van der Waals surface area contributed by atoms with Gasteiger partial charge in [0.05, 0.1) is 18.6 Å². The lowest BCUT2D eigenvalue weighted by Gasteiger charge is -2.15. The summed E-state index contributed by atoms with van der Waals surface area (Å²) < 4.78 is 0. The maximum atomic E-state index is 9.88. The smallest absolute Gasteiger partial charge is 0.106 e. The van der Waals surface area contributed by atoms with E-state index < -0.39 is 12.2 Å². The van der Waals surface area contributed by atoms with Crippen molar-refractivity contribution < 1.29 is 10.2 Å². The number of nitrogens with zero attached hydrogens (tertiary/aromatic N) is 1. The molecule has 0 aliphatic rings. The van der Waals surface area contributed by atoms with Crippen LogP contribution in [0.5, 0.6) is 0 Å². The molecule has 3 heteroatoms. The van der Waals surface area contributed by atoms with Gasteiger partial charge in [-0.3, -0.25) is 0 Å². The molecule has 19 heavy (non-hydrogen) atoms. The first kappa shape index (κ1) is 13.3. The van der Waals surface area contributed by atoms with Crippen LogP contribution in [-0.4, -0.2) is 16.3 Å². The van der Waals surface area contributed by atoms with Gasteiger partial charge in [-0.05, 0) is 16.7 Å². The maximum absolute atomic E-state index is 9.88. The third-order valence-corrected chi connectivity index (χ3v) is 3.02. The Morgan fingerprint density at radius 3 is 2.05 bits per heavy atom. The Bertz CT molecular complexity index is 558. The zero-order chi connectivity index (χ0) is 13.7. The van der Waals surface area contributed by atoms with Crippen LogP contribution in [0.4, 0.5) is 0 Å². The van der Waals surface area contributed by atoms with Crippen LogP contribution in [0, 0.1) is 11.3 Å². The molecule has 0 aromatic heterocycles. The number of aliphatic hydroxyl groups excluding tert-OH is 2. The van der Waals surface area contributed by atoms with Gasteiger partial charge in [0, 0.05) is 0 Å². The van der Waals surface area contributed by atoms with E-state index in [0.717, 1.165) is 11.1 Å². The minimum absolute atomic E-state index is 0.0817. The van der Waals surface area contributed by atoms with Gasteiger partial charge >= 0.3 is 0 Å². The van der Waals surface area contributed by atoms with Crippen molar-refractivity contribution in [2.24, 2.45) is 0 Å². The fourth-order valence-electron chi connectivity index (χ4n) is 1.93. The van der Waals surface area contributed by atoms with Crippen molar-refractivity contribution in [3.63, 3.8) is 0 Å². The number of benzene rings is 2. The van der Waals surface area contributed by atoms with E-state index >= 15 is 0 Å². The zero-order valence-corrected chi connectivity index (χ0v) is 10.4. The number of aliphatic hydroxyl groups is 2. The third-order valence-electron chi connectivity index (χ3n) is 3.02. The Morgan fingerprint density at radius 1 is 0.895 bits per heavy atom. The van der Waals surface area contributed by atoms with Crippen LogP contribution in [0.15, 0.2) is 54.6 Å². The van der Waals surface area contributed by atoms with Crippen molar-refractivity contribution in [1.82, 2.24) is 0 Å². The van der Waals surface area contributed by atoms with E-state index in [4.69, 9.17) is 5.26 Å². The molecule has 3 nitrogen and oxygen atoms in total. The van der Waals surface area contributed by atoms with Crippen LogP contribution in [-0.2, 0) is 0 Å². The van der Waals surface area contributed by atoms with Crippen molar-refractivity contribution in [3.8, 4) is 17.2 Å². The summed E-state index contributed by atoms with van der Waals surface area (Å²) >= 11 is 0. The van der Waals surface area contributed by atoms with Gasteiger partial charge < -0.3 is 10.2 Å². The monoisotopic (exact) mass is 253 g/mol. The highest BCUT2D eigenvalue weighted by molar-refractivity contribution is 5.63. The molecule has 0 aliphatic carbocycles. The molecular weight excluding hydrogens is 238 g/mol. The summed E-state index contributed by atoms with van der Waals surface area (Å²) in [7, 11) is 0. The molecule has 2 rings (SSSR count). The second-order valence-corrected chi connectivity index (χ2v) is 4.36.